The normalized spacial score (nSPS) is 38.4. The van der Waals surface area contributed by atoms with Crippen molar-refractivity contribution in [3.63, 3.8) is 0 Å². The second kappa shape index (κ2) is 5.57. The summed E-state index contributed by atoms with van der Waals surface area (Å²) in [6.07, 6.45) is 0.871. The monoisotopic (exact) mass is 291 g/mol. The van der Waals surface area contributed by atoms with Crippen LogP contribution in [0.2, 0.25) is 0 Å². The molecule has 2 saturated heterocycles. The number of ether oxygens (including phenoxy) is 3. The number of fused-ring (bicyclic) bond motifs is 2. The van der Waals surface area contributed by atoms with Crippen LogP contribution in [0.15, 0.2) is 30.3 Å². The van der Waals surface area contributed by atoms with Crippen molar-refractivity contribution < 1.29 is 19.3 Å². The van der Waals surface area contributed by atoms with Gasteiger partial charge in [-0.3, -0.25) is 0 Å². The van der Waals surface area contributed by atoms with Gasteiger partial charge in [0.25, 0.3) is 0 Å². The van der Waals surface area contributed by atoms with Gasteiger partial charge in [0.2, 0.25) is 0 Å². The van der Waals surface area contributed by atoms with E-state index in [0.29, 0.717) is 6.61 Å². The molecule has 2 heterocycles. The lowest BCUT2D eigenvalue weighted by atomic mass is 9.97. The fourth-order valence-corrected chi connectivity index (χ4v) is 3.04. The van der Waals surface area contributed by atoms with Gasteiger partial charge >= 0.3 is 0 Å². The first kappa shape index (κ1) is 13.5. The Kier molecular flexibility index (Phi) is 3.59. The van der Waals surface area contributed by atoms with Gasteiger partial charge in [-0.15, -0.1) is 0 Å². The average Bonchev–Trinajstić information content (AvgIpc) is 3.23. The van der Waals surface area contributed by atoms with Crippen molar-refractivity contribution in [3.05, 3.63) is 30.3 Å². The van der Waals surface area contributed by atoms with Crippen molar-refractivity contribution in [2.45, 2.75) is 43.5 Å². The lowest BCUT2D eigenvalue weighted by molar-refractivity contribution is -0.193. The summed E-state index contributed by atoms with van der Waals surface area (Å²) < 4.78 is 17.4. The number of rotatable bonds is 5. The molecule has 3 fully saturated rings. The third-order valence-corrected chi connectivity index (χ3v) is 4.46. The van der Waals surface area contributed by atoms with E-state index < -0.39 is 18.5 Å². The minimum atomic E-state index is -0.629. The van der Waals surface area contributed by atoms with Gasteiger partial charge in [-0.25, -0.2) is 0 Å². The number of benzene rings is 1. The first-order chi connectivity index (χ1) is 10.3. The van der Waals surface area contributed by atoms with Gasteiger partial charge in [0.1, 0.15) is 18.0 Å². The van der Waals surface area contributed by atoms with Crippen molar-refractivity contribution >= 4 is 0 Å². The van der Waals surface area contributed by atoms with Gasteiger partial charge in [0, 0.05) is 0 Å². The Bertz CT molecular complexity index is 478. The maximum atomic E-state index is 10.7. The Morgan fingerprint density at radius 1 is 1.24 bits per heavy atom. The second-order valence-corrected chi connectivity index (χ2v) is 6.14. The van der Waals surface area contributed by atoms with Gasteiger partial charge in [0.05, 0.1) is 12.6 Å². The van der Waals surface area contributed by atoms with Crippen LogP contribution in [-0.4, -0.2) is 48.9 Å². The Hall–Kier alpha value is -1.14. The van der Waals surface area contributed by atoms with E-state index in [4.69, 9.17) is 14.2 Å². The molecule has 114 valence electrons. The van der Waals surface area contributed by atoms with E-state index in [9.17, 15) is 5.11 Å². The van der Waals surface area contributed by atoms with Crippen LogP contribution in [0.5, 0.6) is 5.75 Å². The molecule has 4 rings (SSSR count). The molecule has 3 aliphatic rings. The molecule has 21 heavy (non-hydrogen) atoms. The van der Waals surface area contributed by atoms with Gasteiger partial charge < -0.3 is 24.6 Å². The number of para-hydroxylation sites is 1. The van der Waals surface area contributed by atoms with Crippen LogP contribution >= 0.6 is 0 Å². The minimum Gasteiger partial charge on any atom is -0.482 e. The van der Waals surface area contributed by atoms with Crippen LogP contribution < -0.4 is 10.1 Å². The van der Waals surface area contributed by atoms with Gasteiger partial charge in [-0.05, 0) is 37.4 Å². The maximum absolute atomic E-state index is 10.7. The topological polar surface area (TPSA) is 60.0 Å². The zero-order valence-corrected chi connectivity index (χ0v) is 11.9. The standard InChI is InChI=1S/C16H21NO4/c18-14-13(17-8-10-6-7-10)12-9-19-16(21-12)15(14)20-11-4-2-1-3-5-11/h1-5,10,12-18H,6-9H2/t12-,13+,14-,15-,16+/m0/s1. The molecule has 1 aliphatic carbocycles. The molecule has 5 heteroatoms. The van der Waals surface area contributed by atoms with Crippen LogP contribution in [0, 0.1) is 5.92 Å². The van der Waals surface area contributed by atoms with E-state index in [2.05, 4.69) is 5.32 Å². The second-order valence-electron chi connectivity index (χ2n) is 6.14. The summed E-state index contributed by atoms with van der Waals surface area (Å²) in [5.74, 6) is 1.48. The van der Waals surface area contributed by atoms with Crippen molar-refractivity contribution in [1.29, 1.82) is 0 Å². The predicted octanol–water partition coefficient (Wildman–Crippen LogP) is 0.918. The van der Waals surface area contributed by atoms with E-state index in [-0.39, 0.29) is 12.1 Å². The minimum absolute atomic E-state index is 0.0839. The number of aliphatic hydroxyl groups is 1. The summed E-state index contributed by atoms with van der Waals surface area (Å²) in [7, 11) is 0. The van der Waals surface area contributed by atoms with Gasteiger partial charge in [-0.1, -0.05) is 18.2 Å². The molecule has 5 nitrogen and oxygen atoms in total. The van der Waals surface area contributed by atoms with E-state index in [0.717, 1.165) is 18.2 Å². The quantitative estimate of drug-likeness (QED) is 0.845. The third kappa shape index (κ3) is 2.79. The highest BCUT2D eigenvalue weighted by molar-refractivity contribution is 5.22. The Morgan fingerprint density at radius 3 is 2.81 bits per heavy atom. The number of hydrogen-bond donors (Lipinski definition) is 2. The van der Waals surface area contributed by atoms with Crippen LogP contribution in [0.4, 0.5) is 0 Å². The Morgan fingerprint density at radius 2 is 2.05 bits per heavy atom. The third-order valence-electron chi connectivity index (χ3n) is 4.46. The van der Waals surface area contributed by atoms with Crippen LogP contribution in [0.1, 0.15) is 12.8 Å². The fourth-order valence-electron chi connectivity index (χ4n) is 3.04. The van der Waals surface area contributed by atoms with Crippen LogP contribution in [-0.2, 0) is 9.47 Å². The molecule has 2 aliphatic heterocycles. The first-order valence-electron chi connectivity index (χ1n) is 7.71. The smallest absolute Gasteiger partial charge is 0.197 e. The lowest BCUT2D eigenvalue weighted by Gasteiger charge is -2.38. The molecule has 1 aromatic rings. The summed E-state index contributed by atoms with van der Waals surface area (Å²) in [6, 6.07) is 9.38. The summed E-state index contributed by atoms with van der Waals surface area (Å²) in [4.78, 5) is 0. The summed E-state index contributed by atoms with van der Waals surface area (Å²) in [6.45, 7) is 1.45. The largest absolute Gasteiger partial charge is 0.482 e. The zero-order valence-electron chi connectivity index (χ0n) is 11.9. The van der Waals surface area contributed by atoms with Crippen molar-refractivity contribution in [3.8, 4) is 5.75 Å². The maximum Gasteiger partial charge on any atom is 0.197 e. The molecular weight excluding hydrogens is 270 g/mol. The number of hydrogen-bond acceptors (Lipinski definition) is 5. The SMILES string of the molecule is O[C@H]1[C@H](NCC2CC2)[C@@H]2CO[C@H](O2)[C@H]1Oc1ccccc1. The summed E-state index contributed by atoms with van der Waals surface area (Å²) >= 11 is 0. The zero-order chi connectivity index (χ0) is 14.2. The van der Waals surface area contributed by atoms with E-state index in [1.165, 1.54) is 12.8 Å². The summed E-state index contributed by atoms with van der Waals surface area (Å²) in [5.41, 5.74) is 0. The van der Waals surface area contributed by atoms with Crippen molar-refractivity contribution in [2.75, 3.05) is 13.2 Å². The molecule has 0 unspecified atom stereocenters. The Balaban J connectivity index is 1.46. The predicted molar refractivity (Wildman–Crippen MR) is 76.0 cm³/mol. The highest BCUT2D eigenvalue weighted by Gasteiger charge is 2.51. The number of nitrogens with one attached hydrogen (secondary N) is 1. The molecule has 2 N–H and O–H groups in total. The molecule has 0 spiro atoms. The van der Waals surface area contributed by atoms with Gasteiger partial charge in [0.15, 0.2) is 12.4 Å². The molecule has 0 aromatic heterocycles. The number of aliphatic hydroxyl groups excluding tert-OH is 1. The summed E-state index contributed by atoms with van der Waals surface area (Å²) in [5, 5.41) is 14.1. The lowest BCUT2D eigenvalue weighted by Crippen LogP contribution is -2.61. The van der Waals surface area contributed by atoms with E-state index >= 15 is 0 Å². The van der Waals surface area contributed by atoms with Crippen molar-refractivity contribution in [2.24, 2.45) is 5.92 Å². The van der Waals surface area contributed by atoms with Crippen molar-refractivity contribution in [1.82, 2.24) is 5.32 Å². The molecule has 1 aromatic carbocycles. The van der Waals surface area contributed by atoms with E-state index in [1.807, 2.05) is 30.3 Å². The molecule has 2 bridgehead atoms. The first-order valence-corrected chi connectivity index (χ1v) is 7.71. The highest BCUT2D eigenvalue weighted by atomic mass is 16.7. The average molecular weight is 291 g/mol. The fraction of sp³-hybridized carbons (Fsp3) is 0.625. The molecule has 0 radical (unpaired) electrons. The molecular formula is C16H21NO4. The van der Waals surface area contributed by atoms with Crippen LogP contribution in [0.3, 0.4) is 0 Å². The van der Waals surface area contributed by atoms with Gasteiger partial charge in [-0.2, -0.15) is 0 Å². The molecule has 5 atom stereocenters. The van der Waals surface area contributed by atoms with Crippen LogP contribution in [0.25, 0.3) is 0 Å². The Labute approximate surface area is 124 Å². The molecule has 1 saturated carbocycles. The molecule has 0 amide bonds. The van der Waals surface area contributed by atoms with E-state index in [1.54, 1.807) is 0 Å². The highest BCUT2D eigenvalue weighted by Crippen LogP contribution is 2.33.